The first-order valence-corrected chi connectivity index (χ1v) is 8.01. The fourth-order valence-corrected chi connectivity index (χ4v) is 4.53. The van der Waals surface area contributed by atoms with Gasteiger partial charge in [-0.15, -0.1) is 0 Å². The van der Waals surface area contributed by atoms with E-state index < -0.39 is 13.2 Å². The van der Waals surface area contributed by atoms with Gasteiger partial charge in [-0.3, -0.25) is 4.79 Å². The summed E-state index contributed by atoms with van der Waals surface area (Å²) in [4.78, 5) is 11.7. The van der Waals surface area contributed by atoms with Crippen LogP contribution in [0.5, 0.6) is 0 Å². The minimum absolute atomic E-state index is 0.132. The van der Waals surface area contributed by atoms with E-state index in [9.17, 15) is 4.79 Å². The molecule has 2 bridgehead atoms. The largest absolute Gasteiger partial charge is 0.481 e. The van der Waals surface area contributed by atoms with Gasteiger partial charge in [-0.2, -0.15) is 0 Å². The summed E-state index contributed by atoms with van der Waals surface area (Å²) in [6, 6.07) is -0.765. The molecule has 0 aromatic carbocycles. The molecule has 4 rings (SSSR count). The zero-order valence-corrected chi connectivity index (χ0v) is 13.6. The van der Waals surface area contributed by atoms with E-state index in [0.29, 0.717) is 11.3 Å². The molecule has 3 saturated carbocycles. The number of hydrogen-bond acceptors (Lipinski definition) is 3. The van der Waals surface area contributed by atoms with E-state index in [0.717, 1.165) is 12.3 Å². The molecule has 5 nitrogen and oxygen atoms in total. The molecule has 21 heavy (non-hydrogen) atoms. The number of nitrogens with one attached hydrogen (secondary N) is 2. The average Bonchev–Trinajstić information content (AvgIpc) is 2.74. The maximum absolute atomic E-state index is 11.7. The first kappa shape index (κ1) is 15.3. The molecule has 0 aromatic heterocycles. The Balaban J connectivity index is 1.69. The maximum atomic E-state index is 11.7. The summed E-state index contributed by atoms with van der Waals surface area (Å²) in [5, 5.41) is 2.82. The van der Waals surface area contributed by atoms with E-state index in [2.05, 4.69) is 26.1 Å². The highest BCUT2D eigenvalue weighted by atomic mass is 16.7. The number of carbonyl (C=O) groups excluding carboxylic acids is 1. The lowest BCUT2D eigenvalue weighted by Crippen LogP contribution is -2.65. The fraction of sp³-hybridized carbons (Fsp3) is 0.933. The summed E-state index contributed by atoms with van der Waals surface area (Å²) in [6.07, 6.45) is 2.40. The first-order valence-electron chi connectivity index (χ1n) is 8.01. The number of carbonyl (C=O) groups is 1. The van der Waals surface area contributed by atoms with Gasteiger partial charge in [0.2, 0.25) is 5.91 Å². The van der Waals surface area contributed by atoms with Crippen molar-refractivity contribution in [1.29, 1.82) is 0 Å². The van der Waals surface area contributed by atoms with Gasteiger partial charge in [0.25, 0.3) is 0 Å². The highest BCUT2D eigenvalue weighted by Crippen LogP contribution is 2.65. The maximum Gasteiger partial charge on any atom is 0.481 e. The summed E-state index contributed by atoms with van der Waals surface area (Å²) in [7, 11) is -0.405. The second-order valence-corrected chi connectivity index (χ2v) is 7.86. The van der Waals surface area contributed by atoms with Crippen molar-refractivity contribution in [3.63, 3.8) is 0 Å². The van der Waals surface area contributed by atoms with Crippen molar-refractivity contribution < 1.29 is 14.1 Å². The minimum Gasteiger partial charge on any atom is -0.404 e. The van der Waals surface area contributed by atoms with E-state index in [-0.39, 0.29) is 23.6 Å². The molecule has 2 N–H and O–H groups in total. The van der Waals surface area contributed by atoms with Crippen LogP contribution in [0.3, 0.4) is 0 Å². The Morgan fingerprint density at radius 2 is 2.00 bits per heavy atom. The SMILES string of the molecule is CC(NC(=O)C(C)[NH])B1O[C@@H]2CC3CC(C3(C)C)[C@]2(C)O1. The van der Waals surface area contributed by atoms with Crippen molar-refractivity contribution in [2.75, 3.05) is 0 Å². The Kier molecular flexibility index (Phi) is 3.43. The van der Waals surface area contributed by atoms with Crippen LogP contribution < -0.4 is 11.1 Å². The van der Waals surface area contributed by atoms with Gasteiger partial charge in [0.15, 0.2) is 0 Å². The normalized spacial score (nSPS) is 42.8. The van der Waals surface area contributed by atoms with Crippen LogP contribution in [0.15, 0.2) is 0 Å². The standard InChI is InChI=1S/C15H26BN2O3/c1-8(17)13(19)18-9(2)16-20-12-7-10-6-11(14(10,3)4)15(12,5)21-16/h8-12,17H,6-7H2,1-5H3,(H,18,19)/t8?,9?,10?,11?,12-,15+/m1/s1. The van der Waals surface area contributed by atoms with Crippen molar-refractivity contribution in [3.05, 3.63) is 0 Å². The van der Waals surface area contributed by atoms with Gasteiger partial charge in [0.1, 0.15) is 0 Å². The summed E-state index contributed by atoms with van der Waals surface area (Å²) >= 11 is 0. The van der Waals surface area contributed by atoms with Crippen LogP contribution in [0, 0.1) is 17.3 Å². The lowest BCUT2D eigenvalue weighted by Gasteiger charge is -2.64. The molecule has 117 valence electrons. The predicted molar refractivity (Wildman–Crippen MR) is 80.3 cm³/mol. The van der Waals surface area contributed by atoms with Gasteiger partial charge in [-0.05, 0) is 50.9 Å². The molecule has 1 aliphatic heterocycles. The average molecular weight is 293 g/mol. The Bertz CT molecular complexity index is 456. The van der Waals surface area contributed by atoms with Crippen LogP contribution in [-0.4, -0.2) is 36.7 Å². The Morgan fingerprint density at radius 1 is 1.33 bits per heavy atom. The minimum atomic E-state index is -0.765. The van der Waals surface area contributed by atoms with Gasteiger partial charge in [0.05, 0.1) is 23.7 Å². The molecular formula is C15H26BN2O3. The molecule has 6 heteroatoms. The highest BCUT2D eigenvalue weighted by molar-refractivity contribution is 6.47. The van der Waals surface area contributed by atoms with Gasteiger partial charge in [0, 0.05) is 0 Å². The smallest absolute Gasteiger partial charge is 0.404 e. The summed E-state index contributed by atoms with van der Waals surface area (Å²) in [6.45, 7) is 10.3. The molecule has 1 radical (unpaired) electrons. The fourth-order valence-electron chi connectivity index (χ4n) is 4.53. The van der Waals surface area contributed by atoms with Gasteiger partial charge in [-0.1, -0.05) is 13.8 Å². The molecule has 1 heterocycles. The molecule has 1 amide bonds. The summed E-state index contributed by atoms with van der Waals surface area (Å²) in [5.41, 5.74) is 7.53. The summed E-state index contributed by atoms with van der Waals surface area (Å²) < 4.78 is 12.4. The van der Waals surface area contributed by atoms with Gasteiger partial charge >= 0.3 is 7.12 Å². The molecule has 1 saturated heterocycles. The van der Waals surface area contributed by atoms with E-state index >= 15 is 0 Å². The highest BCUT2D eigenvalue weighted by Gasteiger charge is 2.68. The molecule has 4 aliphatic rings. The molecule has 0 aromatic rings. The van der Waals surface area contributed by atoms with Crippen molar-refractivity contribution in [2.45, 2.75) is 71.1 Å². The Labute approximate surface area is 127 Å². The number of hydrogen-bond donors (Lipinski definition) is 1. The Morgan fingerprint density at radius 3 is 2.57 bits per heavy atom. The quantitative estimate of drug-likeness (QED) is 0.800. The molecule has 3 aliphatic carbocycles. The zero-order valence-electron chi connectivity index (χ0n) is 13.6. The third-order valence-electron chi connectivity index (χ3n) is 6.14. The monoisotopic (exact) mass is 293 g/mol. The van der Waals surface area contributed by atoms with Crippen LogP contribution in [0.1, 0.15) is 47.5 Å². The lowest BCUT2D eigenvalue weighted by atomic mass is 9.43. The number of amides is 1. The molecule has 4 fully saturated rings. The van der Waals surface area contributed by atoms with Gasteiger partial charge in [-0.25, -0.2) is 5.73 Å². The Hall–Kier alpha value is -0.585. The van der Waals surface area contributed by atoms with E-state index in [1.54, 1.807) is 6.92 Å². The second kappa shape index (κ2) is 4.70. The zero-order chi connectivity index (χ0) is 15.6. The van der Waals surface area contributed by atoms with E-state index in [1.165, 1.54) is 6.42 Å². The third-order valence-corrected chi connectivity index (χ3v) is 6.14. The van der Waals surface area contributed by atoms with Crippen molar-refractivity contribution >= 4 is 13.0 Å². The predicted octanol–water partition coefficient (Wildman–Crippen LogP) is 1.43. The van der Waals surface area contributed by atoms with Crippen molar-refractivity contribution in [2.24, 2.45) is 17.3 Å². The van der Waals surface area contributed by atoms with Crippen LogP contribution in [0.2, 0.25) is 0 Å². The molecular weight excluding hydrogens is 267 g/mol. The lowest BCUT2D eigenvalue weighted by molar-refractivity contribution is -0.199. The van der Waals surface area contributed by atoms with Crippen molar-refractivity contribution in [1.82, 2.24) is 11.1 Å². The van der Waals surface area contributed by atoms with Crippen molar-refractivity contribution in [3.8, 4) is 0 Å². The molecule has 4 unspecified atom stereocenters. The van der Waals surface area contributed by atoms with Crippen LogP contribution in [0.25, 0.3) is 0 Å². The third kappa shape index (κ3) is 2.14. The second-order valence-electron chi connectivity index (χ2n) is 7.86. The van der Waals surface area contributed by atoms with E-state index in [1.807, 2.05) is 6.92 Å². The first-order chi connectivity index (χ1) is 9.66. The van der Waals surface area contributed by atoms with Crippen LogP contribution in [-0.2, 0) is 14.1 Å². The van der Waals surface area contributed by atoms with E-state index in [4.69, 9.17) is 15.0 Å². The van der Waals surface area contributed by atoms with Gasteiger partial charge < -0.3 is 14.6 Å². The summed E-state index contributed by atoms with van der Waals surface area (Å²) in [5.74, 6) is 0.741. The number of rotatable bonds is 3. The van der Waals surface area contributed by atoms with Crippen LogP contribution >= 0.6 is 0 Å². The molecule has 6 atom stereocenters. The van der Waals surface area contributed by atoms with Crippen LogP contribution in [0.4, 0.5) is 0 Å². The molecule has 0 spiro atoms. The topological polar surface area (TPSA) is 71.4 Å².